The summed E-state index contributed by atoms with van der Waals surface area (Å²) in [5.41, 5.74) is 0.762. The van der Waals surface area contributed by atoms with Crippen LogP contribution in [0.1, 0.15) is 15.9 Å². The molecule has 0 saturated carbocycles. The Balaban J connectivity index is 2.23. The van der Waals surface area contributed by atoms with Gasteiger partial charge in [0.15, 0.2) is 5.78 Å². The molecule has 17 heavy (non-hydrogen) atoms. The van der Waals surface area contributed by atoms with Crippen molar-refractivity contribution in [1.82, 2.24) is 4.98 Å². The minimum absolute atomic E-state index is 0.0151. The number of hydrogen-bond donors (Lipinski definition) is 0. The van der Waals surface area contributed by atoms with E-state index in [1.165, 1.54) is 18.2 Å². The van der Waals surface area contributed by atoms with Crippen molar-refractivity contribution in [2.24, 2.45) is 0 Å². The lowest BCUT2D eigenvalue weighted by molar-refractivity contribution is 0.0989. The highest BCUT2D eigenvalue weighted by Crippen LogP contribution is 2.16. The SMILES string of the molecule is O=C(Cc1cccnc1)c1cc(Cl)ccc1F. The molecule has 0 unspecified atom stereocenters. The molecule has 0 amide bonds. The smallest absolute Gasteiger partial charge is 0.170 e. The topological polar surface area (TPSA) is 30.0 Å². The zero-order valence-corrected chi connectivity index (χ0v) is 9.62. The lowest BCUT2D eigenvalue weighted by Gasteiger charge is -2.03. The van der Waals surface area contributed by atoms with E-state index >= 15 is 0 Å². The van der Waals surface area contributed by atoms with Gasteiger partial charge in [-0.2, -0.15) is 0 Å². The van der Waals surface area contributed by atoms with Crippen LogP contribution < -0.4 is 0 Å². The summed E-state index contributed by atoms with van der Waals surface area (Å²) in [6.07, 6.45) is 3.32. The van der Waals surface area contributed by atoms with Gasteiger partial charge in [0.05, 0.1) is 5.56 Å². The van der Waals surface area contributed by atoms with E-state index in [0.717, 1.165) is 5.56 Å². The summed E-state index contributed by atoms with van der Waals surface area (Å²) in [7, 11) is 0. The van der Waals surface area contributed by atoms with Crippen molar-refractivity contribution in [3.05, 3.63) is 64.7 Å². The Morgan fingerprint density at radius 3 is 2.88 bits per heavy atom. The number of benzene rings is 1. The van der Waals surface area contributed by atoms with Crippen molar-refractivity contribution in [2.45, 2.75) is 6.42 Å². The molecular weight excluding hydrogens is 241 g/mol. The van der Waals surface area contributed by atoms with Gasteiger partial charge in [-0.15, -0.1) is 0 Å². The third kappa shape index (κ3) is 2.88. The molecule has 1 aromatic heterocycles. The lowest BCUT2D eigenvalue weighted by Crippen LogP contribution is -2.06. The summed E-state index contributed by atoms with van der Waals surface area (Å²) >= 11 is 5.73. The van der Waals surface area contributed by atoms with Crippen LogP contribution >= 0.6 is 11.6 Å². The van der Waals surface area contributed by atoms with E-state index in [9.17, 15) is 9.18 Å². The molecule has 0 fully saturated rings. The van der Waals surface area contributed by atoms with Gasteiger partial charge in [-0.25, -0.2) is 4.39 Å². The monoisotopic (exact) mass is 249 g/mol. The number of Topliss-reactive ketones (excluding diaryl/α,β-unsaturated/α-hetero) is 1. The molecule has 0 bridgehead atoms. The minimum atomic E-state index is -0.553. The summed E-state index contributed by atoms with van der Waals surface area (Å²) in [6, 6.07) is 7.45. The van der Waals surface area contributed by atoms with Crippen LogP contribution in [0.3, 0.4) is 0 Å². The number of aromatic nitrogens is 1. The van der Waals surface area contributed by atoms with Crippen LogP contribution in [0, 0.1) is 5.82 Å². The molecule has 0 spiro atoms. The Bertz CT molecular complexity index is 542. The molecule has 0 aliphatic heterocycles. The number of carbonyl (C=O) groups is 1. The van der Waals surface area contributed by atoms with Crippen molar-refractivity contribution in [3.8, 4) is 0 Å². The first-order valence-electron chi connectivity index (χ1n) is 5.04. The van der Waals surface area contributed by atoms with E-state index in [1.807, 2.05) is 0 Å². The fraction of sp³-hybridized carbons (Fsp3) is 0.0769. The van der Waals surface area contributed by atoms with Crippen molar-refractivity contribution < 1.29 is 9.18 Å². The second-order valence-corrected chi connectivity index (χ2v) is 4.02. The summed E-state index contributed by atoms with van der Waals surface area (Å²) in [5.74, 6) is -0.860. The van der Waals surface area contributed by atoms with Gasteiger partial charge in [0.2, 0.25) is 0 Å². The zero-order valence-electron chi connectivity index (χ0n) is 8.86. The van der Waals surface area contributed by atoms with E-state index in [4.69, 9.17) is 11.6 Å². The highest BCUT2D eigenvalue weighted by Gasteiger charge is 2.12. The number of rotatable bonds is 3. The Hall–Kier alpha value is -1.74. The molecule has 0 aliphatic rings. The fourth-order valence-corrected chi connectivity index (χ4v) is 1.67. The molecule has 4 heteroatoms. The molecule has 1 aromatic carbocycles. The van der Waals surface area contributed by atoms with E-state index in [-0.39, 0.29) is 17.8 Å². The molecule has 2 aromatic rings. The molecule has 1 heterocycles. The highest BCUT2D eigenvalue weighted by atomic mass is 35.5. The largest absolute Gasteiger partial charge is 0.294 e. The Kier molecular flexibility index (Phi) is 3.49. The maximum absolute atomic E-state index is 13.4. The lowest BCUT2D eigenvalue weighted by atomic mass is 10.0. The fourth-order valence-electron chi connectivity index (χ4n) is 1.49. The van der Waals surface area contributed by atoms with Crippen molar-refractivity contribution >= 4 is 17.4 Å². The predicted molar refractivity (Wildman–Crippen MR) is 63.7 cm³/mol. The van der Waals surface area contributed by atoms with E-state index in [2.05, 4.69) is 4.98 Å². The van der Waals surface area contributed by atoms with E-state index in [0.29, 0.717) is 5.02 Å². The molecule has 0 N–H and O–H groups in total. The van der Waals surface area contributed by atoms with Gasteiger partial charge in [0, 0.05) is 23.8 Å². The van der Waals surface area contributed by atoms with Gasteiger partial charge in [0.1, 0.15) is 5.82 Å². The summed E-state index contributed by atoms with van der Waals surface area (Å²) < 4.78 is 13.4. The zero-order chi connectivity index (χ0) is 12.3. The van der Waals surface area contributed by atoms with Crippen molar-refractivity contribution in [3.63, 3.8) is 0 Å². The number of ketones is 1. The number of pyridine rings is 1. The Morgan fingerprint density at radius 1 is 1.35 bits per heavy atom. The van der Waals surface area contributed by atoms with Crippen molar-refractivity contribution in [1.29, 1.82) is 0 Å². The van der Waals surface area contributed by atoms with Crippen LogP contribution in [-0.4, -0.2) is 10.8 Å². The first kappa shape index (κ1) is 11.7. The second kappa shape index (κ2) is 5.06. The van der Waals surface area contributed by atoms with Gasteiger partial charge in [-0.1, -0.05) is 17.7 Å². The molecular formula is C13H9ClFNO. The highest BCUT2D eigenvalue weighted by molar-refractivity contribution is 6.31. The quantitative estimate of drug-likeness (QED) is 0.782. The number of hydrogen-bond acceptors (Lipinski definition) is 2. The molecule has 0 radical (unpaired) electrons. The average Bonchev–Trinajstić information content (AvgIpc) is 2.33. The van der Waals surface area contributed by atoms with Gasteiger partial charge >= 0.3 is 0 Å². The van der Waals surface area contributed by atoms with Gasteiger partial charge in [-0.3, -0.25) is 9.78 Å². The first-order chi connectivity index (χ1) is 8.16. The molecule has 2 nitrogen and oxygen atoms in total. The van der Waals surface area contributed by atoms with Crippen LogP contribution in [0.2, 0.25) is 5.02 Å². The van der Waals surface area contributed by atoms with E-state index in [1.54, 1.807) is 24.5 Å². The maximum atomic E-state index is 13.4. The second-order valence-electron chi connectivity index (χ2n) is 3.59. The van der Waals surface area contributed by atoms with Crippen LogP contribution in [0.15, 0.2) is 42.7 Å². The number of carbonyl (C=O) groups excluding carboxylic acids is 1. The van der Waals surface area contributed by atoms with E-state index < -0.39 is 5.82 Å². The molecule has 0 aliphatic carbocycles. The average molecular weight is 250 g/mol. The van der Waals surface area contributed by atoms with Gasteiger partial charge in [0.25, 0.3) is 0 Å². The maximum Gasteiger partial charge on any atom is 0.170 e. The third-order valence-electron chi connectivity index (χ3n) is 2.32. The summed E-state index contributed by atoms with van der Waals surface area (Å²) in [6.45, 7) is 0. The summed E-state index contributed by atoms with van der Waals surface area (Å²) in [4.78, 5) is 15.8. The van der Waals surface area contributed by atoms with Crippen LogP contribution in [0.5, 0.6) is 0 Å². The minimum Gasteiger partial charge on any atom is -0.294 e. The van der Waals surface area contributed by atoms with Crippen LogP contribution in [-0.2, 0) is 6.42 Å². The third-order valence-corrected chi connectivity index (χ3v) is 2.55. The standard InChI is InChI=1S/C13H9ClFNO/c14-10-3-4-12(15)11(7-10)13(17)6-9-2-1-5-16-8-9/h1-5,7-8H,6H2. The van der Waals surface area contributed by atoms with Gasteiger partial charge < -0.3 is 0 Å². The molecule has 0 saturated heterocycles. The Labute approximate surface area is 103 Å². The predicted octanol–water partition coefficient (Wildman–Crippen LogP) is 3.30. The van der Waals surface area contributed by atoms with Crippen LogP contribution in [0.4, 0.5) is 4.39 Å². The van der Waals surface area contributed by atoms with Crippen LogP contribution in [0.25, 0.3) is 0 Å². The first-order valence-corrected chi connectivity index (χ1v) is 5.42. The van der Waals surface area contributed by atoms with Crippen molar-refractivity contribution in [2.75, 3.05) is 0 Å². The summed E-state index contributed by atoms with van der Waals surface area (Å²) in [5, 5.41) is 0.348. The number of nitrogens with zero attached hydrogens (tertiary/aromatic N) is 1. The number of halogens is 2. The van der Waals surface area contributed by atoms with Gasteiger partial charge in [-0.05, 0) is 29.8 Å². The Morgan fingerprint density at radius 2 is 2.18 bits per heavy atom. The molecule has 0 atom stereocenters. The molecule has 86 valence electrons. The normalized spacial score (nSPS) is 10.2. The molecule has 2 rings (SSSR count).